The summed E-state index contributed by atoms with van der Waals surface area (Å²) < 4.78 is 2.87. The monoisotopic (exact) mass is 404 g/mol. The van der Waals surface area contributed by atoms with Crippen molar-refractivity contribution in [2.45, 2.75) is 71.0 Å². The summed E-state index contributed by atoms with van der Waals surface area (Å²) in [6.45, 7) is 4.73. The molecule has 152 valence electrons. The average molecular weight is 405 g/mol. The normalized spacial score (nSPS) is 18.5. The van der Waals surface area contributed by atoms with Crippen molar-refractivity contribution in [2.24, 2.45) is 5.73 Å². The first-order valence-electron chi connectivity index (χ1n) is 10.3. The third-order valence-corrected chi connectivity index (χ3v) is 7.27. The highest BCUT2D eigenvalue weighted by Crippen LogP contribution is 2.34. The van der Waals surface area contributed by atoms with Crippen molar-refractivity contribution in [3.63, 3.8) is 0 Å². The van der Waals surface area contributed by atoms with Gasteiger partial charge in [0.25, 0.3) is 5.56 Å². The van der Waals surface area contributed by atoms with Crippen molar-refractivity contribution < 1.29 is 4.79 Å². The third kappa shape index (κ3) is 3.33. The van der Waals surface area contributed by atoms with Crippen molar-refractivity contribution in [2.75, 3.05) is 13.1 Å². The number of amides is 1. The van der Waals surface area contributed by atoms with Crippen molar-refractivity contribution >= 4 is 27.5 Å². The number of fused-ring (bicyclic) bond motifs is 3. The van der Waals surface area contributed by atoms with Gasteiger partial charge in [-0.25, -0.2) is 4.79 Å². The lowest BCUT2D eigenvalue weighted by Crippen LogP contribution is -2.44. The molecule has 7 nitrogen and oxygen atoms in total. The zero-order valence-electron chi connectivity index (χ0n) is 16.4. The number of thiophene rings is 1. The minimum atomic E-state index is -0.559. The molecule has 28 heavy (non-hydrogen) atoms. The molecule has 1 aliphatic carbocycles. The smallest absolute Gasteiger partial charge is 0.332 e. The number of rotatable bonds is 5. The van der Waals surface area contributed by atoms with Gasteiger partial charge in [0.05, 0.1) is 5.39 Å². The van der Waals surface area contributed by atoms with Gasteiger partial charge in [0.1, 0.15) is 11.4 Å². The first-order chi connectivity index (χ1) is 13.5. The van der Waals surface area contributed by atoms with E-state index in [-0.39, 0.29) is 23.8 Å². The Bertz CT molecular complexity index is 1010. The molecule has 3 heterocycles. The summed E-state index contributed by atoms with van der Waals surface area (Å²) in [4.78, 5) is 42.5. The lowest BCUT2D eigenvalue weighted by molar-refractivity contribution is -0.118. The standard InChI is InChI=1S/C20H28N4O3S/c1-2-9-22-10-8-14-15(11-22)28-19-17(14)18(26)24(13-6-4-3-5-7-13)20(27)23(19)12-16(21)25/h13H,2-12H2,1H3,(H2,21,25). The molecule has 2 N–H and O–H groups in total. The van der Waals surface area contributed by atoms with Crippen LogP contribution < -0.4 is 17.0 Å². The molecule has 0 saturated heterocycles. The Morgan fingerprint density at radius 1 is 1.21 bits per heavy atom. The molecule has 2 aliphatic rings. The number of primary amides is 1. The molecule has 0 unspecified atom stereocenters. The van der Waals surface area contributed by atoms with E-state index in [1.54, 1.807) is 0 Å². The molecule has 1 amide bonds. The van der Waals surface area contributed by atoms with Gasteiger partial charge in [-0.05, 0) is 37.8 Å². The highest BCUT2D eigenvalue weighted by Gasteiger charge is 2.28. The van der Waals surface area contributed by atoms with Crippen LogP contribution in [0.4, 0.5) is 0 Å². The third-order valence-electron chi connectivity index (χ3n) is 6.03. The minimum Gasteiger partial charge on any atom is -0.368 e. The summed E-state index contributed by atoms with van der Waals surface area (Å²) in [5.41, 5.74) is 5.96. The van der Waals surface area contributed by atoms with Crippen LogP contribution in [0.2, 0.25) is 0 Å². The molecule has 0 atom stereocenters. The summed E-state index contributed by atoms with van der Waals surface area (Å²) in [6.07, 6.45) is 6.77. The fraction of sp³-hybridized carbons (Fsp3) is 0.650. The zero-order valence-corrected chi connectivity index (χ0v) is 17.2. The highest BCUT2D eigenvalue weighted by atomic mass is 32.1. The van der Waals surface area contributed by atoms with Gasteiger partial charge in [0.2, 0.25) is 5.91 Å². The van der Waals surface area contributed by atoms with Crippen molar-refractivity contribution in [1.82, 2.24) is 14.0 Å². The topological polar surface area (TPSA) is 90.3 Å². The summed E-state index contributed by atoms with van der Waals surface area (Å²) in [5.74, 6) is -0.559. The molecular formula is C20H28N4O3S. The van der Waals surface area contributed by atoms with E-state index in [4.69, 9.17) is 5.73 Å². The number of carbonyl (C=O) groups excluding carboxylic acids is 1. The van der Waals surface area contributed by atoms with Gasteiger partial charge in [-0.15, -0.1) is 11.3 Å². The lowest BCUT2D eigenvalue weighted by atomic mass is 9.95. The highest BCUT2D eigenvalue weighted by molar-refractivity contribution is 7.18. The maximum Gasteiger partial charge on any atom is 0.332 e. The van der Waals surface area contributed by atoms with Crippen molar-refractivity contribution in [1.29, 1.82) is 0 Å². The lowest BCUT2D eigenvalue weighted by Gasteiger charge is -2.26. The van der Waals surface area contributed by atoms with Crippen molar-refractivity contribution in [3.8, 4) is 0 Å². The van der Waals surface area contributed by atoms with Crippen LogP contribution in [0.15, 0.2) is 9.59 Å². The van der Waals surface area contributed by atoms with E-state index in [1.807, 2.05) is 0 Å². The Morgan fingerprint density at radius 2 is 1.96 bits per heavy atom. The summed E-state index contributed by atoms with van der Waals surface area (Å²) in [6, 6.07) is -0.0759. The van der Waals surface area contributed by atoms with E-state index >= 15 is 0 Å². The van der Waals surface area contributed by atoms with Crippen molar-refractivity contribution in [3.05, 3.63) is 31.3 Å². The molecule has 2 aromatic heterocycles. The molecule has 8 heteroatoms. The van der Waals surface area contributed by atoms with Gasteiger partial charge in [-0.1, -0.05) is 26.2 Å². The van der Waals surface area contributed by atoms with Gasteiger partial charge >= 0.3 is 5.69 Å². The number of carbonyl (C=O) groups is 1. The number of hydrogen-bond donors (Lipinski definition) is 1. The first kappa shape index (κ1) is 19.4. The molecule has 4 rings (SSSR count). The van der Waals surface area contributed by atoms with E-state index in [1.165, 1.54) is 20.5 Å². The first-order valence-corrected chi connectivity index (χ1v) is 11.1. The van der Waals surface area contributed by atoms with Gasteiger partial charge < -0.3 is 5.73 Å². The zero-order chi connectivity index (χ0) is 19.8. The van der Waals surface area contributed by atoms with Gasteiger partial charge in [0, 0.05) is 24.0 Å². The SMILES string of the molecule is CCCN1CCc2c(sc3c2c(=O)n(C2CCCCC2)c(=O)n3CC(N)=O)C1. The number of nitrogens with zero attached hydrogens (tertiary/aromatic N) is 3. The second kappa shape index (κ2) is 7.83. The number of nitrogens with two attached hydrogens (primary N) is 1. The molecule has 1 saturated carbocycles. The Balaban J connectivity index is 1.93. The van der Waals surface area contributed by atoms with Crippen LogP contribution in [0, 0.1) is 0 Å². The van der Waals surface area contributed by atoms with Crippen LogP contribution in [0.3, 0.4) is 0 Å². The summed E-state index contributed by atoms with van der Waals surface area (Å²) in [7, 11) is 0. The van der Waals surface area contributed by atoms with Gasteiger partial charge in [-0.2, -0.15) is 0 Å². The van der Waals surface area contributed by atoms with Crippen LogP contribution >= 0.6 is 11.3 Å². The van der Waals surface area contributed by atoms with E-state index < -0.39 is 5.91 Å². The average Bonchev–Trinajstić information content (AvgIpc) is 3.05. The molecule has 0 bridgehead atoms. The Morgan fingerprint density at radius 3 is 2.64 bits per heavy atom. The molecular weight excluding hydrogens is 376 g/mol. The fourth-order valence-electron chi connectivity index (χ4n) is 4.74. The van der Waals surface area contributed by atoms with Crippen LogP contribution in [0.5, 0.6) is 0 Å². The second-order valence-electron chi connectivity index (χ2n) is 8.01. The molecule has 0 spiro atoms. The molecule has 1 fully saturated rings. The molecule has 1 aliphatic heterocycles. The maximum atomic E-state index is 13.5. The van der Waals surface area contributed by atoms with Gasteiger partial charge in [-0.3, -0.25) is 23.6 Å². The van der Waals surface area contributed by atoms with E-state index in [0.29, 0.717) is 10.2 Å². The van der Waals surface area contributed by atoms with Crippen LogP contribution in [-0.4, -0.2) is 33.0 Å². The number of aromatic nitrogens is 2. The molecule has 0 radical (unpaired) electrons. The number of hydrogen-bond acceptors (Lipinski definition) is 5. The molecule has 2 aromatic rings. The predicted octanol–water partition coefficient (Wildman–Crippen LogP) is 1.98. The largest absolute Gasteiger partial charge is 0.368 e. The predicted molar refractivity (Wildman–Crippen MR) is 111 cm³/mol. The van der Waals surface area contributed by atoms with Crippen LogP contribution in [0.1, 0.15) is 61.9 Å². The Kier molecular flexibility index (Phi) is 5.42. The van der Waals surface area contributed by atoms with Crippen LogP contribution in [0.25, 0.3) is 10.2 Å². The molecule has 0 aromatic carbocycles. The Hall–Kier alpha value is -1.93. The van der Waals surface area contributed by atoms with Crippen LogP contribution in [-0.2, 0) is 24.3 Å². The van der Waals surface area contributed by atoms with E-state index in [2.05, 4.69) is 11.8 Å². The summed E-state index contributed by atoms with van der Waals surface area (Å²) >= 11 is 1.48. The van der Waals surface area contributed by atoms with E-state index in [0.717, 1.165) is 75.0 Å². The Labute approximate surface area is 167 Å². The fourth-order valence-corrected chi connectivity index (χ4v) is 6.11. The second-order valence-corrected chi connectivity index (χ2v) is 9.10. The quantitative estimate of drug-likeness (QED) is 0.825. The van der Waals surface area contributed by atoms with Gasteiger partial charge in [0.15, 0.2) is 0 Å². The minimum absolute atomic E-state index is 0.0759. The van der Waals surface area contributed by atoms with E-state index in [9.17, 15) is 14.4 Å². The summed E-state index contributed by atoms with van der Waals surface area (Å²) in [5, 5.41) is 0.641. The maximum absolute atomic E-state index is 13.5.